The van der Waals surface area contributed by atoms with Gasteiger partial charge in [-0.2, -0.15) is 0 Å². The Morgan fingerprint density at radius 1 is 1.30 bits per heavy atom. The monoisotopic (exact) mass is 294 g/mol. The summed E-state index contributed by atoms with van der Waals surface area (Å²) in [6.45, 7) is 0. The Hall–Kier alpha value is -1.16. The first-order valence-corrected chi connectivity index (χ1v) is 8.67. The molecule has 0 aliphatic heterocycles. The van der Waals surface area contributed by atoms with Crippen LogP contribution in [0, 0.1) is 5.92 Å². The number of hydrogen-bond acceptors (Lipinski definition) is 3. The molecule has 1 fully saturated rings. The third-order valence-electron chi connectivity index (χ3n) is 3.94. The van der Waals surface area contributed by atoms with Crippen molar-refractivity contribution in [1.29, 1.82) is 0 Å². The molecule has 3 nitrogen and oxygen atoms in total. The molecule has 0 heterocycles. The second-order valence-electron chi connectivity index (χ2n) is 5.41. The molecule has 20 heavy (non-hydrogen) atoms. The van der Waals surface area contributed by atoms with Crippen LogP contribution in [0.3, 0.4) is 0 Å². The highest BCUT2D eigenvalue weighted by Crippen LogP contribution is 2.26. The summed E-state index contributed by atoms with van der Waals surface area (Å²) in [6.07, 6.45) is 4.86. The summed E-state index contributed by atoms with van der Waals surface area (Å²) in [5.41, 5.74) is 0.888. The summed E-state index contributed by atoms with van der Waals surface area (Å²) in [4.78, 5) is 11.9. The fourth-order valence-electron chi connectivity index (χ4n) is 2.82. The normalized spacial score (nSPS) is 18.6. The van der Waals surface area contributed by atoms with E-state index < -0.39 is 16.7 Å². The largest absolute Gasteiger partial charge is 0.469 e. The molecule has 2 rings (SSSR count). The van der Waals surface area contributed by atoms with Crippen molar-refractivity contribution >= 4 is 16.8 Å². The highest BCUT2D eigenvalue weighted by atomic mass is 32.2. The molecule has 1 saturated carbocycles. The molecule has 0 bridgehead atoms. The number of esters is 1. The quantitative estimate of drug-likeness (QED) is 0.758. The standard InChI is InChI=1S/C16H22O3S/c1-19-16(17)15(14-9-3-2-4-10-14)12-20(18)11-13-7-5-6-8-13/h2-4,9-10,13,15H,5-8,11-12H2,1H3. The van der Waals surface area contributed by atoms with Crippen molar-refractivity contribution in [1.82, 2.24) is 0 Å². The van der Waals surface area contributed by atoms with Gasteiger partial charge in [0.15, 0.2) is 0 Å². The lowest BCUT2D eigenvalue weighted by atomic mass is 10.0. The third-order valence-corrected chi connectivity index (χ3v) is 5.48. The van der Waals surface area contributed by atoms with Crippen LogP contribution in [0.25, 0.3) is 0 Å². The van der Waals surface area contributed by atoms with E-state index in [2.05, 4.69) is 0 Å². The summed E-state index contributed by atoms with van der Waals surface area (Å²) >= 11 is 0. The second kappa shape index (κ2) is 7.58. The lowest BCUT2D eigenvalue weighted by Gasteiger charge is -2.16. The molecule has 0 N–H and O–H groups in total. The Morgan fingerprint density at radius 3 is 2.55 bits per heavy atom. The summed E-state index contributed by atoms with van der Waals surface area (Å²) in [5.74, 6) is 0.956. The number of carbonyl (C=O) groups is 1. The SMILES string of the molecule is COC(=O)C(CS(=O)CC1CCCC1)c1ccccc1. The van der Waals surface area contributed by atoms with E-state index in [1.165, 1.54) is 32.8 Å². The molecule has 0 aromatic heterocycles. The Balaban J connectivity index is 2.00. The zero-order valence-corrected chi connectivity index (χ0v) is 12.7. The second-order valence-corrected chi connectivity index (χ2v) is 6.96. The van der Waals surface area contributed by atoms with Crippen LogP contribution in [0.5, 0.6) is 0 Å². The van der Waals surface area contributed by atoms with Gasteiger partial charge in [0, 0.05) is 22.3 Å². The molecule has 1 aromatic carbocycles. The molecule has 0 radical (unpaired) electrons. The van der Waals surface area contributed by atoms with E-state index in [0.717, 1.165) is 11.3 Å². The van der Waals surface area contributed by atoms with E-state index in [1.54, 1.807) is 0 Å². The van der Waals surface area contributed by atoms with Gasteiger partial charge in [-0.3, -0.25) is 9.00 Å². The first-order valence-electron chi connectivity index (χ1n) is 7.18. The van der Waals surface area contributed by atoms with Gasteiger partial charge in [0.05, 0.1) is 13.0 Å². The Bertz CT molecular complexity index is 452. The molecule has 1 aromatic rings. The molecule has 2 atom stereocenters. The fourth-order valence-corrected chi connectivity index (χ4v) is 4.52. The van der Waals surface area contributed by atoms with E-state index in [-0.39, 0.29) is 5.97 Å². The van der Waals surface area contributed by atoms with E-state index in [4.69, 9.17) is 4.74 Å². The van der Waals surface area contributed by atoms with Gasteiger partial charge in [0.25, 0.3) is 0 Å². The maximum absolute atomic E-state index is 12.3. The molecule has 0 spiro atoms. The van der Waals surface area contributed by atoms with Crippen molar-refractivity contribution in [2.45, 2.75) is 31.6 Å². The first-order chi connectivity index (χ1) is 9.70. The van der Waals surface area contributed by atoms with Crippen LogP contribution in [0.1, 0.15) is 37.2 Å². The topological polar surface area (TPSA) is 43.4 Å². The van der Waals surface area contributed by atoms with Gasteiger partial charge in [0.2, 0.25) is 0 Å². The van der Waals surface area contributed by atoms with Gasteiger partial charge in [0.1, 0.15) is 0 Å². The van der Waals surface area contributed by atoms with Crippen LogP contribution in [-0.2, 0) is 20.3 Å². The van der Waals surface area contributed by atoms with Crippen LogP contribution < -0.4 is 0 Å². The Kier molecular flexibility index (Phi) is 5.77. The van der Waals surface area contributed by atoms with Crippen molar-refractivity contribution in [2.24, 2.45) is 5.92 Å². The van der Waals surface area contributed by atoms with Crippen molar-refractivity contribution in [3.05, 3.63) is 35.9 Å². The van der Waals surface area contributed by atoms with E-state index >= 15 is 0 Å². The lowest BCUT2D eigenvalue weighted by Crippen LogP contribution is -2.23. The van der Waals surface area contributed by atoms with Gasteiger partial charge in [-0.1, -0.05) is 43.2 Å². The molecule has 110 valence electrons. The van der Waals surface area contributed by atoms with Crippen LogP contribution >= 0.6 is 0 Å². The van der Waals surface area contributed by atoms with Crippen molar-refractivity contribution in [2.75, 3.05) is 18.6 Å². The molecule has 4 heteroatoms. The third kappa shape index (κ3) is 4.17. The molecular weight excluding hydrogens is 272 g/mol. The maximum Gasteiger partial charge on any atom is 0.314 e. The first kappa shape index (κ1) is 15.2. The Morgan fingerprint density at radius 2 is 1.95 bits per heavy atom. The summed E-state index contributed by atoms with van der Waals surface area (Å²) < 4.78 is 17.2. The van der Waals surface area contributed by atoms with E-state index in [0.29, 0.717) is 11.7 Å². The van der Waals surface area contributed by atoms with E-state index in [9.17, 15) is 9.00 Å². The van der Waals surface area contributed by atoms with Gasteiger partial charge < -0.3 is 4.74 Å². The lowest BCUT2D eigenvalue weighted by molar-refractivity contribution is -0.141. The van der Waals surface area contributed by atoms with Gasteiger partial charge in [-0.15, -0.1) is 0 Å². The molecular formula is C16H22O3S. The van der Waals surface area contributed by atoms with Crippen LogP contribution in [0.2, 0.25) is 0 Å². The number of methoxy groups -OCH3 is 1. The maximum atomic E-state index is 12.3. The van der Waals surface area contributed by atoms with Crippen LogP contribution in [-0.4, -0.2) is 28.8 Å². The molecule has 0 saturated heterocycles. The van der Waals surface area contributed by atoms with Gasteiger partial charge in [-0.25, -0.2) is 0 Å². The fraction of sp³-hybridized carbons (Fsp3) is 0.562. The Labute approximate surface area is 123 Å². The smallest absolute Gasteiger partial charge is 0.314 e. The van der Waals surface area contributed by atoms with Crippen molar-refractivity contribution < 1.29 is 13.7 Å². The number of rotatable bonds is 6. The summed E-state index contributed by atoms with van der Waals surface area (Å²) in [6, 6.07) is 9.49. The zero-order valence-electron chi connectivity index (χ0n) is 11.9. The van der Waals surface area contributed by atoms with Crippen LogP contribution in [0.4, 0.5) is 0 Å². The molecule has 1 aliphatic rings. The number of carbonyl (C=O) groups excluding carboxylic acids is 1. The van der Waals surface area contributed by atoms with E-state index in [1.807, 2.05) is 30.3 Å². The minimum atomic E-state index is -0.963. The average Bonchev–Trinajstić information content (AvgIpc) is 2.97. The predicted octanol–water partition coefficient (Wildman–Crippen LogP) is 2.88. The van der Waals surface area contributed by atoms with Crippen LogP contribution in [0.15, 0.2) is 30.3 Å². The summed E-state index contributed by atoms with van der Waals surface area (Å²) in [5, 5.41) is 0. The average molecular weight is 294 g/mol. The van der Waals surface area contributed by atoms with Gasteiger partial charge in [-0.05, 0) is 24.3 Å². The molecule has 2 unspecified atom stereocenters. The summed E-state index contributed by atoms with van der Waals surface area (Å²) in [7, 11) is 0.424. The molecule has 1 aliphatic carbocycles. The highest BCUT2D eigenvalue weighted by Gasteiger charge is 2.26. The van der Waals surface area contributed by atoms with Crippen molar-refractivity contribution in [3.8, 4) is 0 Å². The minimum Gasteiger partial charge on any atom is -0.469 e. The number of hydrogen-bond donors (Lipinski definition) is 0. The van der Waals surface area contributed by atoms with Gasteiger partial charge >= 0.3 is 5.97 Å². The predicted molar refractivity (Wildman–Crippen MR) is 81.0 cm³/mol. The molecule has 0 amide bonds. The zero-order chi connectivity index (χ0) is 14.4. The number of ether oxygens (including phenoxy) is 1. The number of benzene rings is 1. The van der Waals surface area contributed by atoms with Crippen molar-refractivity contribution in [3.63, 3.8) is 0 Å². The highest BCUT2D eigenvalue weighted by molar-refractivity contribution is 7.85. The minimum absolute atomic E-state index is 0.295.